The minimum Gasteiger partial charge on any atom is -0.389 e. The summed E-state index contributed by atoms with van der Waals surface area (Å²) in [5.41, 5.74) is 1.05. The summed E-state index contributed by atoms with van der Waals surface area (Å²) in [6.07, 6.45) is 12.8. The molecule has 0 bridgehead atoms. The first-order valence-electron chi connectivity index (χ1n) is 8.88. The van der Waals surface area contributed by atoms with Gasteiger partial charge in [-0.2, -0.15) is 0 Å². The van der Waals surface area contributed by atoms with E-state index < -0.39 is 0 Å². The molecule has 0 radical (unpaired) electrons. The maximum Gasteiger partial charge on any atom is 0.158 e. The Morgan fingerprint density at radius 1 is 1.24 bits per heavy atom. The fourth-order valence-corrected chi connectivity index (χ4v) is 2.59. The van der Waals surface area contributed by atoms with Crippen molar-refractivity contribution in [2.24, 2.45) is 0 Å². The summed E-state index contributed by atoms with van der Waals surface area (Å²) in [4.78, 5) is 0. The molecule has 0 saturated carbocycles. The van der Waals surface area contributed by atoms with Gasteiger partial charge in [-0.25, -0.2) is 0 Å². The normalized spacial score (nSPS) is 21.5. The van der Waals surface area contributed by atoms with Gasteiger partial charge in [0.05, 0.1) is 12.7 Å². The van der Waals surface area contributed by atoms with Gasteiger partial charge >= 0.3 is 0 Å². The third-order valence-corrected chi connectivity index (χ3v) is 4.05. The van der Waals surface area contributed by atoms with Gasteiger partial charge in [-0.3, -0.25) is 0 Å². The van der Waals surface area contributed by atoms with Crippen molar-refractivity contribution in [2.45, 2.75) is 90.4 Å². The van der Waals surface area contributed by atoms with Gasteiger partial charge in [-0.15, -0.1) is 0 Å². The van der Waals surface area contributed by atoms with E-state index in [0.717, 1.165) is 44.3 Å². The van der Waals surface area contributed by atoms with Crippen LogP contribution in [0.25, 0.3) is 0 Å². The van der Waals surface area contributed by atoms with Crippen LogP contribution in [0.4, 0.5) is 0 Å². The highest BCUT2D eigenvalue weighted by atomic mass is 16.7. The quantitative estimate of drug-likeness (QED) is 0.448. The molecule has 124 valence electrons. The van der Waals surface area contributed by atoms with E-state index in [0.29, 0.717) is 6.61 Å². The molecule has 1 heterocycles. The Bertz CT molecular complexity index is 270. The van der Waals surface area contributed by atoms with E-state index in [-0.39, 0.29) is 12.4 Å². The van der Waals surface area contributed by atoms with Crippen molar-refractivity contribution in [1.29, 1.82) is 0 Å². The smallest absolute Gasteiger partial charge is 0.158 e. The minimum atomic E-state index is -0.350. The van der Waals surface area contributed by atoms with Crippen LogP contribution in [0.15, 0.2) is 11.6 Å². The molecule has 0 aromatic heterocycles. The largest absolute Gasteiger partial charge is 0.389 e. The molecule has 1 aliphatic heterocycles. The van der Waals surface area contributed by atoms with Crippen molar-refractivity contribution in [3.8, 4) is 0 Å². The van der Waals surface area contributed by atoms with Gasteiger partial charge in [0, 0.05) is 6.61 Å². The summed E-state index contributed by atoms with van der Waals surface area (Å²) in [6, 6.07) is 0. The van der Waals surface area contributed by atoms with Gasteiger partial charge in [-0.1, -0.05) is 52.0 Å². The third-order valence-electron chi connectivity index (χ3n) is 4.05. The average Bonchev–Trinajstić information content (AvgIpc) is 2.52. The highest BCUT2D eigenvalue weighted by molar-refractivity contribution is 5.08. The molecule has 0 aromatic rings. The van der Waals surface area contributed by atoms with Gasteiger partial charge < -0.3 is 14.6 Å². The van der Waals surface area contributed by atoms with Crippen LogP contribution in [0, 0.1) is 0 Å². The van der Waals surface area contributed by atoms with E-state index in [4.69, 9.17) is 9.47 Å². The molecule has 1 N–H and O–H groups in total. The zero-order valence-corrected chi connectivity index (χ0v) is 14.0. The van der Waals surface area contributed by atoms with Gasteiger partial charge in [0.1, 0.15) is 0 Å². The van der Waals surface area contributed by atoms with Crippen molar-refractivity contribution >= 4 is 0 Å². The van der Waals surface area contributed by atoms with E-state index in [1.54, 1.807) is 0 Å². The Morgan fingerprint density at radius 2 is 2.05 bits per heavy atom. The summed E-state index contributed by atoms with van der Waals surface area (Å²) in [6.45, 7) is 5.70. The molecule has 1 aliphatic rings. The summed E-state index contributed by atoms with van der Waals surface area (Å²) in [7, 11) is 0. The van der Waals surface area contributed by atoms with Crippen LogP contribution in [0.3, 0.4) is 0 Å². The summed E-state index contributed by atoms with van der Waals surface area (Å²) in [5, 5.41) is 10.4. The van der Waals surface area contributed by atoms with Crippen LogP contribution in [-0.4, -0.2) is 30.7 Å². The highest BCUT2D eigenvalue weighted by Crippen LogP contribution is 2.18. The van der Waals surface area contributed by atoms with Crippen LogP contribution < -0.4 is 0 Å². The van der Waals surface area contributed by atoms with Crippen molar-refractivity contribution in [3.63, 3.8) is 0 Å². The number of hydrogen-bond donors (Lipinski definition) is 1. The Morgan fingerprint density at radius 3 is 2.71 bits per heavy atom. The zero-order valence-electron chi connectivity index (χ0n) is 14.0. The van der Waals surface area contributed by atoms with E-state index in [1.165, 1.54) is 32.1 Å². The molecule has 2 atom stereocenters. The summed E-state index contributed by atoms with van der Waals surface area (Å²) >= 11 is 0. The molecule has 3 heteroatoms. The Labute approximate surface area is 130 Å². The number of rotatable bonds is 11. The lowest BCUT2D eigenvalue weighted by Crippen LogP contribution is -2.25. The molecular formula is C18H34O3. The number of allylic oxidation sites excluding steroid dienone is 1. The lowest BCUT2D eigenvalue weighted by Gasteiger charge is -2.24. The topological polar surface area (TPSA) is 38.7 Å². The number of ether oxygens (including phenoxy) is 2. The fraction of sp³-hybridized carbons (Fsp3) is 0.889. The molecule has 0 spiro atoms. The van der Waals surface area contributed by atoms with Gasteiger partial charge in [-0.05, 0) is 37.7 Å². The molecular weight excluding hydrogens is 264 g/mol. The van der Waals surface area contributed by atoms with Gasteiger partial charge in [0.15, 0.2) is 6.29 Å². The fourth-order valence-electron chi connectivity index (χ4n) is 2.59. The second-order valence-electron chi connectivity index (χ2n) is 6.04. The minimum absolute atomic E-state index is 0.0730. The number of hydrogen-bond acceptors (Lipinski definition) is 3. The van der Waals surface area contributed by atoms with Crippen molar-refractivity contribution in [1.82, 2.24) is 0 Å². The maximum absolute atomic E-state index is 10.4. The second kappa shape index (κ2) is 12.2. The lowest BCUT2D eigenvalue weighted by molar-refractivity contribution is -0.158. The number of aliphatic hydroxyl groups is 1. The van der Waals surface area contributed by atoms with E-state index in [2.05, 4.69) is 19.9 Å². The van der Waals surface area contributed by atoms with Crippen molar-refractivity contribution in [2.75, 3.05) is 13.2 Å². The molecule has 0 aromatic carbocycles. The Balaban J connectivity index is 2.40. The first kappa shape index (κ1) is 18.7. The lowest BCUT2D eigenvalue weighted by atomic mass is 10.0. The van der Waals surface area contributed by atoms with Crippen LogP contribution in [0.1, 0.15) is 78.1 Å². The molecule has 21 heavy (non-hydrogen) atoms. The van der Waals surface area contributed by atoms with Crippen LogP contribution in [0.5, 0.6) is 0 Å². The highest BCUT2D eigenvalue weighted by Gasteiger charge is 2.17. The van der Waals surface area contributed by atoms with Crippen LogP contribution in [-0.2, 0) is 9.47 Å². The number of unbranched alkanes of at least 4 members (excludes halogenated alkanes) is 4. The molecule has 0 aliphatic carbocycles. The first-order chi connectivity index (χ1) is 10.3. The maximum atomic E-state index is 10.4. The Kier molecular flexibility index (Phi) is 10.8. The predicted octanol–water partition coefficient (Wildman–Crippen LogP) is 4.59. The molecule has 1 saturated heterocycles. The van der Waals surface area contributed by atoms with Crippen LogP contribution in [0.2, 0.25) is 0 Å². The van der Waals surface area contributed by atoms with E-state index in [9.17, 15) is 5.11 Å². The van der Waals surface area contributed by atoms with Gasteiger partial charge in [0.25, 0.3) is 0 Å². The second-order valence-corrected chi connectivity index (χ2v) is 6.04. The molecule has 2 unspecified atom stereocenters. The van der Waals surface area contributed by atoms with Gasteiger partial charge in [0.2, 0.25) is 0 Å². The summed E-state index contributed by atoms with van der Waals surface area (Å²) < 4.78 is 11.5. The van der Waals surface area contributed by atoms with E-state index >= 15 is 0 Å². The van der Waals surface area contributed by atoms with E-state index in [1.807, 2.05) is 0 Å². The predicted molar refractivity (Wildman–Crippen MR) is 87.3 cm³/mol. The van der Waals surface area contributed by atoms with Crippen molar-refractivity contribution < 1.29 is 14.6 Å². The third kappa shape index (κ3) is 8.60. The monoisotopic (exact) mass is 298 g/mol. The standard InChI is InChI=1S/C18H34O3/c1-3-5-7-11-16(17(19)12-8-6-4-2)15-21-18-13-9-10-14-20-18/h11,17-19H,3-10,12-15H2,1-2H3. The average molecular weight is 298 g/mol. The molecule has 0 amide bonds. The number of aliphatic hydroxyl groups excluding tert-OH is 1. The molecule has 1 fully saturated rings. The molecule has 1 rings (SSSR count). The first-order valence-corrected chi connectivity index (χ1v) is 8.88. The van der Waals surface area contributed by atoms with Crippen molar-refractivity contribution in [3.05, 3.63) is 11.6 Å². The van der Waals surface area contributed by atoms with Crippen LogP contribution >= 0.6 is 0 Å². The SMILES string of the molecule is CCCCC=C(COC1CCCCO1)C(O)CCCCC. The summed E-state index contributed by atoms with van der Waals surface area (Å²) in [5.74, 6) is 0. The molecule has 3 nitrogen and oxygen atoms in total. The Hall–Kier alpha value is -0.380. The zero-order chi connectivity index (χ0) is 15.3.